The quantitative estimate of drug-likeness (QED) is 0.405. The van der Waals surface area contributed by atoms with Gasteiger partial charge in [-0.05, 0) is 4.20 Å². The normalized spacial score (nSPS) is 9.40. The fourth-order valence-corrected chi connectivity index (χ4v) is 0. The van der Waals surface area contributed by atoms with Crippen LogP contribution < -0.4 is 8.40 Å². The Morgan fingerprint density at radius 1 is 1.20 bits per heavy atom. The number of rotatable bonds is 0. The molecule has 0 aliphatic heterocycles. The van der Waals surface area contributed by atoms with Crippen molar-refractivity contribution in [2.24, 2.45) is 0 Å². The minimum Gasteiger partial charge on any atom is -0.372 e. The van der Waals surface area contributed by atoms with E-state index in [0.29, 0.717) is 0 Å². The fraction of sp³-hybridized carbons (Fsp3) is 0. The SMILES string of the molecule is Br.O=S(=O)(O)O.[O-][Br+2]([O-])O. The summed E-state index contributed by atoms with van der Waals surface area (Å²) in [6.07, 6.45) is 0. The minimum absolute atomic E-state index is 0. The molecule has 10 heavy (non-hydrogen) atoms. The Balaban J connectivity index is -0.0000000910. The van der Waals surface area contributed by atoms with Crippen molar-refractivity contribution in [2.75, 3.05) is 0 Å². The van der Waals surface area contributed by atoms with Gasteiger partial charge >= 0.3 is 25.2 Å². The molecule has 66 valence electrons. The van der Waals surface area contributed by atoms with Crippen LogP contribution in [0.25, 0.3) is 0 Å². The van der Waals surface area contributed by atoms with Gasteiger partial charge in [-0.25, -0.2) is 0 Å². The van der Waals surface area contributed by atoms with E-state index in [1.807, 2.05) is 0 Å². The van der Waals surface area contributed by atoms with E-state index >= 15 is 0 Å². The molecule has 10 heteroatoms. The molecule has 3 N–H and O–H groups in total. The highest BCUT2D eigenvalue weighted by Gasteiger charge is 1.86. The lowest BCUT2D eigenvalue weighted by molar-refractivity contribution is -1.63. The first-order chi connectivity index (χ1) is 3.73. The van der Waals surface area contributed by atoms with Crippen LogP contribution >= 0.6 is 17.0 Å². The van der Waals surface area contributed by atoms with Gasteiger partial charge in [-0.15, -0.1) is 17.0 Å². The van der Waals surface area contributed by atoms with Crippen LogP contribution in [0.5, 0.6) is 0 Å². The van der Waals surface area contributed by atoms with E-state index in [2.05, 4.69) is 0 Å². The number of hydrogen-bond acceptors (Lipinski definition) is 5. The van der Waals surface area contributed by atoms with Gasteiger partial charge in [-0.3, -0.25) is 9.11 Å². The predicted octanol–water partition coefficient (Wildman–Crippen LogP) is -3.01. The van der Waals surface area contributed by atoms with Crippen LogP contribution in [0, 0.1) is 14.8 Å². The molecule has 0 aliphatic rings. The van der Waals surface area contributed by atoms with E-state index in [4.69, 9.17) is 30.1 Å². The molecular weight excluding hydrogens is 304 g/mol. The summed E-state index contributed by atoms with van der Waals surface area (Å²) in [5.74, 6) is 0. The zero-order chi connectivity index (χ0) is 8.08. The van der Waals surface area contributed by atoms with Crippen molar-refractivity contribution in [1.82, 2.24) is 0 Å². The summed E-state index contributed by atoms with van der Waals surface area (Å²) in [6, 6.07) is 0. The third kappa shape index (κ3) is 1030. The average molecular weight is 308 g/mol. The van der Waals surface area contributed by atoms with Crippen LogP contribution in [0.4, 0.5) is 0 Å². The molecule has 0 saturated carbocycles. The van der Waals surface area contributed by atoms with E-state index in [9.17, 15) is 0 Å². The maximum Gasteiger partial charge on any atom is 0.433 e. The van der Waals surface area contributed by atoms with E-state index in [1.165, 1.54) is 0 Å². The molecule has 7 nitrogen and oxygen atoms in total. The Morgan fingerprint density at radius 2 is 1.20 bits per heavy atom. The lowest BCUT2D eigenvalue weighted by Gasteiger charge is -1.69. The maximum absolute atomic E-state index is 8.74. The summed E-state index contributed by atoms with van der Waals surface area (Å²) in [5, 5.41) is 0. The summed E-state index contributed by atoms with van der Waals surface area (Å²) in [5.41, 5.74) is 0. The smallest absolute Gasteiger partial charge is 0.372 e. The highest BCUT2D eigenvalue weighted by Crippen LogP contribution is 1.59. The van der Waals surface area contributed by atoms with Crippen molar-refractivity contribution in [3.05, 3.63) is 0 Å². The molecule has 0 fully saturated rings. The van der Waals surface area contributed by atoms with Gasteiger partial charge in [0.2, 0.25) is 0 Å². The molecule has 0 spiro atoms. The van der Waals surface area contributed by atoms with Gasteiger partial charge in [0.25, 0.3) is 0 Å². The van der Waals surface area contributed by atoms with E-state index < -0.39 is 25.2 Å². The third-order valence-corrected chi connectivity index (χ3v) is 0. The largest absolute Gasteiger partial charge is 0.433 e. The standard InChI is InChI=1S/BrHO3.BrH.H2O4S/c2-1(3)4;;1-5(2,3)4/h2H;1H;(H2,1,2,3,4). The molecule has 0 unspecified atom stereocenters. The van der Waals surface area contributed by atoms with Crippen LogP contribution in [0.1, 0.15) is 0 Å². The summed E-state index contributed by atoms with van der Waals surface area (Å²) >= 11 is -3.40. The van der Waals surface area contributed by atoms with E-state index in [1.54, 1.807) is 0 Å². The second-order valence-electron chi connectivity index (χ2n) is 0.649. The molecule has 0 atom stereocenters. The summed E-state index contributed by atoms with van der Waals surface area (Å²) < 4.78 is 55.9. The van der Waals surface area contributed by atoms with Crippen molar-refractivity contribution >= 4 is 27.4 Å². The molecule has 0 heterocycles. The molecule has 0 aromatic heterocycles. The first kappa shape index (κ1) is 17.0. The zero-order valence-electron chi connectivity index (χ0n) is 4.17. The second kappa shape index (κ2) is 7.81. The fourth-order valence-electron chi connectivity index (χ4n) is 0. The first-order valence-corrected chi connectivity index (χ1v) is 4.58. The third-order valence-electron chi connectivity index (χ3n) is 0. The van der Waals surface area contributed by atoms with Crippen molar-refractivity contribution in [3.8, 4) is 0 Å². The monoisotopic (exact) mass is 306 g/mol. The first-order valence-electron chi connectivity index (χ1n) is 1.18. The van der Waals surface area contributed by atoms with E-state index in [0.717, 1.165) is 0 Å². The maximum atomic E-state index is 8.74. The van der Waals surface area contributed by atoms with Gasteiger partial charge in [0.1, 0.15) is 0 Å². The summed E-state index contributed by atoms with van der Waals surface area (Å²) in [6.45, 7) is 0. The highest BCUT2D eigenvalue weighted by molar-refractivity contribution is 8.93. The Kier molecular flexibility index (Phi) is 13.3. The zero-order valence-corrected chi connectivity index (χ0v) is 8.28. The molecule has 0 bridgehead atoms. The van der Waals surface area contributed by atoms with Crippen LogP contribution in [-0.2, 0) is 10.4 Å². The van der Waals surface area contributed by atoms with Crippen molar-refractivity contribution in [1.29, 1.82) is 0 Å². The van der Waals surface area contributed by atoms with Crippen molar-refractivity contribution in [2.45, 2.75) is 0 Å². The Bertz CT molecular complexity index is 123. The van der Waals surface area contributed by atoms with Gasteiger partial charge in [0, 0.05) is 0 Å². The second-order valence-corrected chi connectivity index (χ2v) is 2.39. The molecule has 0 rings (SSSR count). The van der Waals surface area contributed by atoms with Crippen LogP contribution in [0.3, 0.4) is 0 Å². The average Bonchev–Trinajstić information content (AvgIpc) is 1.19. The molecule has 0 aliphatic carbocycles. The van der Waals surface area contributed by atoms with E-state index in [-0.39, 0.29) is 17.0 Å². The highest BCUT2D eigenvalue weighted by atomic mass is 80.0. The Morgan fingerprint density at radius 3 is 1.20 bits per heavy atom. The summed E-state index contributed by atoms with van der Waals surface area (Å²) in [4.78, 5) is 0. The number of hydrogen-bond donors (Lipinski definition) is 3. The van der Waals surface area contributed by atoms with Gasteiger partial charge in [-0.1, -0.05) is 0 Å². The minimum atomic E-state index is -4.67. The molecule has 0 amide bonds. The summed E-state index contributed by atoms with van der Waals surface area (Å²) in [7, 11) is -4.67. The molecule has 0 aromatic carbocycles. The van der Waals surface area contributed by atoms with Gasteiger partial charge in [-0.2, -0.15) is 8.42 Å². The van der Waals surface area contributed by atoms with Crippen molar-refractivity contribution in [3.63, 3.8) is 0 Å². The van der Waals surface area contributed by atoms with Gasteiger partial charge in [0.15, 0.2) is 0 Å². The Hall–Kier alpha value is 0.710. The molecule has 0 aromatic rings. The molecule has 0 radical (unpaired) electrons. The topological polar surface area (TPSA) is 141 Å². The van der Waals surface area contributed by atoms with Crippen molar-refractivity contribution < 1.29 is 44.9 Å². The lowest BCUT2D eigenvalue weighted by atomic mass is 15.8. The molecular formula is H4Br2O7S. The van der Waals surface area contributed by atoms with Crippen LogP contribution in [0.15, 0.2) is 0 Å². The van der Waals surface area contributed by atoms with Gasteiger partial charge in [0.05, 0.1) is 0 Å². The van der Waals surface area contributed by atoms with Crippen LogP contribution in [0.2, 0.25) is 0 Å². The molecule has 0 saturated heterocycles. The van der Waals surface area contributed by atoms with Gasteiger partial charge < -0.3 is 8.40 Å². The predicted molar refractivity (Wildman–Crippen MR) is 26.7 cm³/mol. The Labute approximate surface area is 72.5 Å². The number of halogens is 2. The lowest BCUT2D eigenvalue weighted by Crippen LogP contribution is -2.30. The van der Waals surface area contributed by atoms with Crippen LogP contribution in [-0.4, -0.2) is 21.7 Å².